The van der Waals surface area contributed by atoms with Gasteiger partial charge in [0.05, 0.1) is 40.8 Å². The summed E-state index contributed by atoms with van der Waals surface area (Å²) in [6.07, 6.45) is 0. The molecule has 0 spiro atoms. The number of benzene rings is 3. The number of hydrogen-bond acceptors (Lipinski definition) is 4. The quantitative estimate of drug-likeness (QED) is 0.650. The number of hydrogen-bond donors (Lipinski definition) is 0. The lowest BCUT2D eigenvalue weighted by molar-refractivity contribution is 0.0662. The van der Waals surface area contributed by atoms with Crippen molar-refractivity contribution in [2.45, 2.75) is 5.41 Å². The Hall–Kier alpha value is -3.89. The summed E-state index contributed by atoms with van der Waals surface area (Å²) in [5.74, 6) is -0.801. The average Bonchev–Trinajstić information content (AvgIpc) is 2.81. The van der Waals surface area contributed by atoms with E-state index in [2.05, 4.69) is 24.3 Å². The zero-order valence-corrected chi connectivity index (χ0v) is 16.4. The minimum absolute atomic E-state index is 0.0255. The maximum Gasteiger partial charge on any atom is 0.0805 e. The standard InChI is InChI=1S/C26H20N4/c27-16-22-23(17-28)26(20-12-6-2-7-13-20)24(22)18-30(21-14-8-3-9-15-21)29-25(26)19-10-4-1-5-11-19/h1-15,22-24H,18H2/t22-,23-,24-,26+/m1/s1. The van der Waals surface area contributed by atoms with Crippen LogP contribution in [0.3, 0.4) is 0 Å². The van der Waals surface area contributed by atoms with Gasteiger partial charge in [0.25, 0.3) is 0 Å². The van der Waals surface area contributed by atoms with Crippen LogP contribution in [0, 0.1) is 40.4 Å². The van der Waals surface area contributed by atoms with E-state index in [0.29, 0.717) is 6.54 Å². The molecular weight excluding hydrogens is 368 g/mol. The Morgan fingerprint density at radius 1 is 0.800 bits per heavy atom. The summed E-state index contributed by atoms with van der Waals surface area (Å²) in [4.78, 5) is 0. The van der Waals surface area contributed by atoms with Crippen LogP contribution in [0.1, 0.15) is 11.1 Å². The SMILES string of the molecule is N#C[C@@H]1[C@@H](C#N)[C@]2(c3ccccc3)C(c3ccccc3)=NN(c3ccccc3)C[C@H]12. The molecule has 5 rings (SSSR count). The van der Waals surface area contributed by atoms with Gasteiger partial charge in [0.2, 0.25) is 0 Å². The van der Waals surface area contributed by atoms with Gasteiger partial charge in [-0.15, -0.1) is 0 Å². The highest BCUT2D eigenvalue weighted by atomic mass is 15.5. The molecule has 0 radical (unpaired) electrons. The minimum atomic E-state index is -0.594. The predicted octanol–water partition coefficient (Wildman–Crippen LogP) is 4.76. The number of nitriles is 2. The molecule has 3 aromatic rings. The summed E-state index contributed by atoms with van der Waals surface area (Å²) in [6.45, 7) is 0.603. The summed E-state index contributed by atoms with van der Waals surface area (Å²) in [6, 6.07) is 35.1. The Morgan fingerprint density at radius 2 is 1.40 bits per heavy atom. The highest BCUT2D eigenvalue weighted by molar-refractivity contribution is 6.11. The third-order valence-corrected chi connectivity index (χ3v) is 6.49. The Bertz CT molecular complexity index is 1160. The van der Waals surface area contributed by atoms with Crippen LogP contribution < -0.4 is 5.01 Å². The largest absolute Gasteiger partial charge is 0.265 e. The highest BCUT2D eigenvalue weighted by Crippen LogP contribution is 2.60. The molecule has 30 heavy (non-hydrogen) atoms. The maximum atomic E-state index is 10.1. The summed E-state index contributed by atoms with van der Waals surface area (Å²) < 4.78 is 0. The van der Waals surface area contributed by atoms with Crippen LogP contribution in [0.2, 0.25) is 0 Å². The van der Waals surface area contributed by atoms with Gasteiger partial charge >= 0.3 is 0 Å². The number of para-hydroxylation sites is 1. The Balaban J connectivity index is 1.78. The molecule has 144 valence electrons. The molecule has 0 amide bonds. The first-order chi connectivity index (χ1) is 14.8. The molecule has 2 aliphatic rings. The average molecular weight is 388 g/mol. The van der Waals surface area contributed by atoms with Gasteiger partial charge in [-0.2, -0.15) is 15.6 Å². The van der Waals surface area contributed by atoms with Crippen molar-refractivity contribution in [1.82, 2.24) is 0 Å². The van der Waals surface area contributed by atoms with E-state index in [9.17, 15) is 10.5 Å². The van der Waals surface area contributed by atoms with E-state index < -0.39 is 11.3 Å². The molecule has 1 fully saturated rings. The summed E-state index contributed by atoms with van der Waals surface area (Å²) in [5, 5.41) is 27.2. The Morgan fingerprint density at radius 3 is 2.00 bits per heavy atom. The van der Waals surface area contributed by atoms with Crippen molar-refractivity contribution in [3.8, 4) is 12.1 Å². The lowest BCUT2D eigenvalue weighted by Crippen LogP contribution is -2.68. The second-order valence-electron chi connectivity index (χ2n) is 7.84. The van der Waals surface area contributed by atoms with Gasteiger partial charge < -0.3 is 0 Å². The van der Waals surface area contributed by atoms with E-state index in [1.165, 1.54) is 0 Å². The fourth-order valence-electron chi connectivity index (χ4n) is 5.17. The molecule has 0 unspecified atom stereocenters. The third-order valence-electron chi connectivity index (χ3n) is 6.49. The van der Waals surface area contributed by atoms with E-state index in [4.69, 9.17) is 5.10 Å². The fourth-order valence-corrected chi connectivity index (χ4v) is 5.17. The van der Waals surface area contributed by atoms with Gasteiger partial charge in [0.15, 0.2) is 0 Å². The van der Waals surface area contributed by atoms with Crippen LogP contribution in [0.4, 0.5) is 5.69 Å². The number of anilines is 1. The van der Waals surface area contributed by atoms with Crippen molar-refractivity contribution in [1.29, 1.82) is 10.5 Å². The molecule has 4 atom stereocenters. The Kier molecular flexibility index (Phi) is 4.34. The fraction of sp³-hybridized carbons (Fsp3) is 0.192. The zero-order chi connectivity index (χ0) is 20.6. The Labute approximate surface area is 176 Å². The molecule has 0 aromatic heterocycles. The van der Waals surface area contributed by atoms with E-state index in [1.54, 1.807) is 0 Å². The van der Waals surface area contributed by atoms with Crippen LogP contribution in [0.15, 0.2) is 96.1 Å². The van der Waals surface area contributed by atoms with Crippen LogP contribution in [-0.4, -0.2) is 12.3 Å². The van der Waals surface area contributed by atoms with Gasteiger partial charge in [0.1, 0.15) is 0 Å². The smallest absolute Gasteiger partial charge is 0.0805 e. The monoisotopic (exact) mass is 388 g/mol. The molecular formula is C26H20N4. The highest BCUT2D eigenvalue weighted by Gasteiger charge is 2.68. The molecule has 1 heterocycles. The zero-order valence-electron chi connectivity index (χ0n) is 16.4. The molecule has 1 saturated carbocycles. The third kappa shape index (κ3) is 2.48. The lowest BCUT2D eigenvalue weighted by Gasteiger charge is -2.60. The van der Waals surface area contributed by atoms with Crippen molar-refractivity contribution in [3.63, 3.8) is 0 Å². The molecule has 1 aliphatic heterocycles. The molecule has 0 bridgehead atoms. The molecule has 3 aromatic carbocycles. The van der Waals surface area contributed by atoms with Crippen molar-refractivity contribution in [2.24, 2.45) is 22.9 Å². The van der Waals surface area contributed by atoms with Crippen LogP contribution in [-0.2, 0) is 5.41 Å². The molecule has 1 aliphatic carbocycles. The summed E-state index contributed by atoms with van der Waals surface area (Å²) >= 11 is 0. The van der Waals surface area contributed by atoms with Crippen LogP contribution in [0.25, 0.3) is 0 Å². The first-order valence-corrected chi connectivity index (χ1v) is 10.1. The van der Waals surface area contributed by atoms with Crippen LogP contribution in [0.5, 0.6) is 0 Å². The number of rotatable bonds is 3. The first-order valence-electron chi connectivity index (χ1n) is 10.1. The van der Waals surface area contributed by atoms with Crippen molar-refractivity contribution in [3.05, 3.63) is 102 Å². The number of fused-ring (bicyclic) bond motifs is 1. The topological polar surface area (TPSA) is 63.2 Å². The minimum Gasteiger partial charge on any atom is -0.265 e. The second kappa shape index (κ2) is 7.17. The van der Waals surface area contributed by atoms with E-state index in [0.717, 1.165) is 22.5 Å². The van der Waals surface area contributed by atoms with Gasteiger partial charge in [-0.1, -0.05) is 78.9 Å². The van der Waals surface area contributed by atoms with Crippen molar-refractivity contribution < 1.29 is 0 Å². The predicted molar refractivity (Wildman–Crippen MR) is 117 cm³/mol. The van der Waals surface area contributed by atoms with E-state index >= 15 is 0 Å². The first kappa shape index (κ1) is 18.2. The summed E-state index contributed by atoms with van der Waals surface area (Å²) in [7, 11) is 0. The normalized spacial score (nSPS) is 27.1. The maximum absolute atomic E-state index is 10.1. The molecule has 0 N–H and O–H groups in total. The van der Waals surface area contributed by atoms with Crippen LogP contribution >= 0.6 is 0 Å². The van der Waals surface area contributed by atoms with Gasteiger partial charge in [-0.3, -0.25) is 5.01 Å². The van der Waals surface area contributed by atoms with Gasteiger partial charge in [0, 0.05) is 12.5 Å². The lowest BCUT2D eigenvalue weighted by atomic mass is 9.42. The van der Waals surface area contributed by atoms with Gasteiger partial charge in [-0.05, 0) is 23.3 Å². The molecule has 0 saturated heterocycles. The number of hydrazone groups is 1. The summed E-state index contributed by atoms with van der Waals surface area (Å²) in [5.41, 5.74) is 3.31. The van der Waals surface area contributed by atoms with Gasteiger partial charge in [-0.25, -0.2) is 0 Å². The molecule has 4 heteroatoms. The van der Waals surface area contributed by atoms with Crippen molar-refractivity contribution in [2.75, 3.05) is 11.6 Å². The van der Waals surface area contributed by atoms with E-state index in [-0.39, 0.29) is 11.8 Å². The number of nitrogens with zero attached hydrogens (tertiary/aromatic N) is 4. The van der Waals surface area contributed by atoms with Crippen molar-refractivity contribution >= 4 is 11.4 Å². The molecule has 4 nitrogen and oxygen atoms in total. The van der Waals surface area contributed by atoms with E-state index in [1.807, 2.05) is 83.9 Å². The second-order valence-corrected chi connectivity index (χ2v) is 7.84.